The predicted molar refractivity (Wildman–Crippen MR) is 272 cm³/mol. The molecule has 3 aliphatic heterocycles. The molecule has 3 saturated heterocycles. The van der Waals surface area contributed by atoms with Gasteiger partial charge >= 0.3 is 0 Å². The lowest BCUT2D eigenvalue weighted by molar-refractivity contribution is -0.144. The second kappa shape index (κ2) is 21.1. The SMILES string of the molecule is Cc1ncsc1-c1ccc(CNC(=O)[C@@H]2C[C@@H](O)CN2C(=O)C(NC(=O)CCC(=O)N2CC3CN(CCOc4ccc(Oc5c(-c6ccc(F)cc6)sc6cc(O)ccc56)cc4)CC3C2)C(C)(C)C)cc1. The maximum atomic E-state index is 14.1. The summed E-state index contributed by atoms with van der Waals surface area (Å²) in [5, 5.41) is 27.4. The van der Waals surface area contributed by atoms with E-state index in [1.807, 2.05) is 92.7 Å². The number of nitrogens with one attached hydrogen (secondary N) is 2. The van der Waals surface area contributed by atoms with Crippen molar-refractivity contribution < 1.29 is 43.3 Å². The number of phenols is 1. The third-order valence-corrected chi connectivity index (χ3v) is 15.8. The first-order valence-corrected chi connectivity index (χ1v) is 25.7. The average molecular weight is 1000 g/mol. The van der Waals surface area contributed by atoms with Gasteiger partial charge in [-0.05, 0) is 95.5 Å². The fraction of sp³-hybridized carbons (Fsp3) is 0.389. The van der Waals surface area contributed by atoms with Gasteiger partial charge in [-0.2, -0.15) is 0 Å². The van der Waals surface area contributed by atoms with E-state index < -0.39 is 35.4 Å². The number of aliphatic hydroxyl groups is 1. The molecule has 3 unspecified atom stereocenters. The van der Waals surface area contributed by atoms with E-state index in [0.717, 1.165) is 61.9 Å². The quantitative estimate of drug-likeness (QED) is 0.0745. The highest BCUT2D eigenvalue weighted by Crippen LogP contribution is 2.47. The number of phenolic OH excluding ortho intramolecular Hbond substituents is 1. The lowest BCUT2D eigenvalue weighted by atomic mass is 9.85. The van der Waals surface area contributed by atoms with Crippen molar-refractivity contribution in [3.8, 4) is 43.9 Å². The minimum atomic E-state index is -0.985. The number of thiazole rings is 1. The number of benzene rings is 4. The summed E-state index contributed by atoms with van der Waals surface area (Å²) in [5.74, 6) is 1.07. The zero-order valence-corrected chi connectivity index (χ0v) is 41.9. The molecule has 17 heteroatoms. The van der Waals surface area contributed by atoms with Crippen LogP contribution in [0.4, 0.5) is 4.39 Å². The molecule has 6 aromatic rings. The van der Waals surface area contributed by atoms with Crippen LogP contribution in [0.3, 0.4) is 0 Å². The number of rotatable bonds is 16. The van der Waals surface area contributed by atoms with Gasteiger partial charge in [0.2, 0.25) is 23.6 Å². The van der Waals surface area contributed by atoms with Crippen molar-refractivity contribution in [3.05, 3.63) is 114 Å². The Hall–Kier alpha value is -6.40. The number of aromatic hydroxyl groups is 1. The zero-order valence-electron chi connectivity index (χ0n) is 40.2. The number of amides is 4. The predicted octanol–water partition coefficient (Wildman–Crippen LogP) is 8.00. The highest BCUT2D eigenvalue weighted by atomic mass is 32.1. The van der Waals surface area contributed by atoms with E-state index in [1.165, 1.54) is 28.4 Å². The van der Waals surface area contributed by atoms with E-state index in [2.05, 4.69) is 20.5 Å². The van der Waals surface area contributed by atoms with E-state index in [0.29, 0.717) is 48.8 Å². The summed E-state index contributed by atoms with van der Waals surface area (Å²) in [6.45, 7) is 11.8. The van der Waals surface area contributed by atoms with Crippen LogP contribution in [-0.2, 0) is 25.7 Å². The van der Waals surface area contributed by atoms with E-state index in [4.69, 9.17) is 9.47 Å². The van der Waals surface area contributed by atoms with Gasteiger partial charge in [-0.25, -0.2) is 9.37 Å². The van der Waals surface area contributed by atoms with E-state index in [-0.39, 0.29) is 55.7 Å². The first-order chi connectivity index (χ1) is 34.1. The highest BCUT2D eigenvalue weighted by molar-refractivity contribution is 7.22. The second-order valence-electron chi connectivity index (χ2n) is 19.9. The minimum absolute atomic E-state index is 0.0137. The summed E-state index contributed by atoms with van der Waals surface area (Å²) < 4.78 is 27.1. The van der Waals surface area contributed by atoms with Crippen molar-refractivity contribution in [1.29, 1.82) is 0 Å². The van der Waals surface area contributed by atoms with Crippen LogP contribution in [0.15, 0.2) is 96.5 Å². The van der Waals surface area contributed by atoms with Gasteiger partial charge in [0.15, 0.2) is 5.75 Å². The summed E-state index contributed by atoms with van der Waals surface area (Å²) in [4.78, 5) is 66.3. The molecule has 2 aromatic heterocycles. The highest BCUT2D eigenvalue weighted by Gasteiger charge is 2.45. The minimum Gasteiger partial charge on any atom is -0.508 e. The normalized spacial score (nSPS) is 19.5. The molecule has 0 aliphatic carbocycles. The number of ether oxygens (including phenoxy) is 2. The summed E-state index contributed by atoms with van der Waals surface area (Å²) in [6, 6.07) is 24.8. The maximum Gasteiger partial charge on any atom is 0.246 e. The number of aromatic nitrogens is 1. The van der Waals surface area contributed by atoms with E-state index in [1.54, 1.807) is 35.6 Å². The molecule has 372 valence electrons. The molecule has 71 heavy (non-hydrogen) atoms. The van der Waals surface area contributed by atoms with Gasteiger partial charge in [-0.3, -0.25) is 24.1 Å². The van der Waals surface area contributed by atoms with Crippen LogP contribution < -0.4 is 20.1 Å². The van der Waals surface area contributed by atoms with Gasteiger partial charge in [0.05, 0.1) is 27.1 Å². The van der Waals surface area contributed by atoms with Crippen LogP contribution in [-0.4, -0.2) is 118 Å². The van der Waals surface area contributed by atoms with Crippen molar-refractivity contribution in [2.45, 2.75) is 71.7 Å². The Bertz CT molecular complexity index is 2870. The monoisotopic (exact) mass is 1000 g/mol. The molecule has 4 amide bonds. The van der Waals surface area contributed by atoms with Crippen LogP contribution in [0.2, 0.25) is 0 Å². The Morgan fingerprint density at radius 2 is 1.54 bits per heavy atom. The molecule has 5 heterocycles. The maximum absolute atomic E-state index is 14.1. The summed E-state index contributed by atoms with van der Waals surface area (Å²) in [7, 11) is 0. The molecule has 0 spiro atoms. The fourth-order valence-corrected chi connectivity index (χ4v) is 11.8. The number of hydrogen-bond donors (Lipinski definition) is 4. The number of carbonyl (C=O) groups excluding carboxylic acids is 4. The summed E-state index contributed by atoms with van der Waals surface area (Å²) >= 11 is 3.03. The van der Waals surface area contributed by atoms with Gasteiger partial charge in [-0.1, -0.05) is 57.2 Å². The number of aryl methyl sites for hydroxylation is 1. The Morgan fingerprint density at radius 1 is 0.859 bits per heavy atom. The summed E-state index contributed by atoms with van der Waals surface area (Å²) in [6.07, 6.45) is -0.869. The van der Waals surface area contributed by atoms with Crippen molar-refractivity contribution in [1.82, 2.24) is 30.3 Å². The number of halogens is 1. The molecule has 3 aliphatic rings. The number of likely N-dealkylation sites (tertiary alicyclic amines) is 3. The van der Waals surface area contributed by atoms with Crippen LogP contribution >= 0.6 is 22.7 Å². The van der Waals surface area contributed by atoms with Crippen molar-refractivity contribution in [2.75, 3.05) is 45.9 Å². The first-order valence-electron chi connectivity index (χ1n) is 24.0. The van der Waals surface area contributed by atoms with Crippen LogP contribution in [0, 0.1) is 30.0 Å². The third kappa shape index (κ3) is 11.5. The van der Waals surface area contributed by atoms with Crippen LogP contribution in [0.25, 0.3) is 31.0 Å². The molecule has 0 bridgehead atoms. The number of fused-ring (bicyclic) bond motifs is 2. The largest absolute Gasteiger partial charge is 0.508 e. The number of hydrogen-bond acceptors (Lipinski definition) is 12. The Kier molecular flexibility index (Phi) is 14.8. The van der Waals surface area contributed by atoms with Gasteiger partial charge in [-0.15, -0.1) is 22.7 Å². The molecule has 4 aromatic carbocycles. The van der Waals surface area contributed by atoms with Crippen molar-refractivity contribution >= 4 is 56.4 Å². The molecule has 5 atom stereocenters. The molecule has 0 saturated carbocycles. The molecule has 0 radical (unpaired) electrons. The first kappa shape index (κ1) is 49.6. The number of carbonyl (C=O) groups is 4. The fourth-order valence-electron chi connectivity index (χ4n) is 9.84. The lowest BCUT2D eigenvalue weighted by Gasteiger charge is -2.35. The Labute approximate surface area is 420 Å². The Morgan fingerprint density at radius 3 is 2.21 bits per heavy atom. The summed E-state index contributed by atoms with van der Waals surface area (Å²) in [5.41, 5.74) is 4.79. The molecule has 3 fully saturated rings. The number of β-amino-alcohol motifs (C(OH)–C–C–N with tert-alkyl or cyclic N) is 1. The number of nitrogens with zero attached hydrogens (tertiary/aromatic N) is 4. The smallest absolute Gasteiger partial charge is 0.246 e. The standard InChI is InChI=1S/C54H59FN6O8S2/c1-32-49(70-31-57-32)34-7-5-33(6-8-34)25-56-52(66)44-23-40(63)30-61(44)53(67)51(54(2,3)4)58-46(64)19-20-47(65)60-28-36-26-59(27-37(36)29-60)21-22-68-41-14-16-42(17-15-41)69-48-43-18-13-39(62)24-45(43)71-50(48)35-9-11-38(55)12-10-35/h5-18,24,31,36-37,40,44,51,62-63H,19-23,25-30H2,1-4H3,(H,56,66)(H,58,64)/t36?,37?,40-,44+,51?/m1/s1. The van der Waals surface area contributed by atoms with Gasteiger partial charge in [0, 0.05) is 75.2 Å². The van der Waals surface area contributed by atoms with Crippen LogP contribution in [0.5, 0.6) is 23.0 Å². The Balaban J connectivity index is 0.706. The molecular formula is C54H59FN6O8S2. The number of aliphatic hydroxyl groups excluding tert-OH is 1. The van der Waals surface area contributed by atoms with Crippen molar-refractivity contribution in [2.24, 2.45) is 17.3 Å². The second-order valence-corrected chi connectivity index (χ2v) is 21.8. The molecule has 14 nitrogen and oxygen atoms in total. The van der Waals surface area contributed by atoms with E-state index in [9.17, 15) is 33.8 Å². The zero-order chi connectivity index (χ0) is 50.0. The van der Waals surface area contributed by atoms with Gasteiger partial charge < -0.3 is 40.1 Å². The molecular weight excluding hydrogens is 944 g/mol. The average Bonchev–Trinajstić information content (AvgIpc) is 4.19. The van der Waals surface area contributed by atoms with Gasteiger partial charge in [0.1, 0.15) is 41.8 Å². The molecule has 4 N–H and O–H groups in total. The topological polar surface area (TPSA) is 174 Å². The van der Waals surface area contributed by atoms with Crippen LogP contribution in [0.1, 0.15) is 51.3 Å². The lowest BCUT2D eigenvalue weighted by Crippen LogP contribution is -2.57. The van der Waals surface area contributed by atoms with Gasteiger partial charge in [0.25, 0.3) is 0 Å². The number of thiophene rings is 1. The van der Waals surface area contributed by atoms with E-state index >= 15 is 0 Å². The molecule has 9 rings (SSSR count). The van der Waals surface area contributed by atoms with Crippen molar-refractivity contribution in [3.63, 3.8) is 0 Å². The third-order valence-electron chi connectivity index (χ3n) is 13.6.